The summed E-state index contributed by atoms with van der Waals surface area (Å²) in [7, 11) is 0. The van der Waals surface area contributed by atoms with Crippen LogP contribution in [-0.4, -0.2) is 48.3 Å². The fourth-order valence-electron chi connectivity index (χ4n) is 3.36. The number of halogens is 3. The number of alkyl halides is 3. The normalized spacial score (nSPS) is 11.4. The van der Waals surface area contributed by atoms with Crippen molar-refractivity contribution in [1.29, 1.82) is 0 Å². The van der Waals surface area contributed by atoms with E-state index in [2.05, 4.69) is 31.0 Å². The number of nitrogens with zero attached hydrogens (tertiary/aromatic N) is 5. The lowest BCUT2D eigenvalue weighted by molar-refractivity contribution is -0.137. The van der Waals surface area contributed by atoms with Crippen molar-refractivity contribution in [2.75, 3.05) is 16.8 Å². The van der Waals surface area contributed by atoms with Gasteiger partial charge in [0, 0.05) is 5.56 Å². The second kappa shape index (κ2) is 12.6. The Morgan fingerprint density at radius 1 is 1.03 bits per heavy atom. The zero-order valence-corrected chi connectivity index (χ0v) is 23.1. The summed E-state index contributed by atoms with van der Waals surface area (Å²) in [6.45, 7) is 3.73. The molecule has 9 nitrogen and oxygen atoms in total. The summed E-state index contributed by atoms with van der Waals surface area (Å²) >= 11 is 3.73. The molecule has 0 fully saturated rings. The first-order valence-electron chi connectivity index (χ1n) is 11.5. The number of rotatable bonds is 10. The second-order valence-electron chi connectivity index (χ2n) is 7.98. The van der Waals surface area contributed by atoms with E-state index in [1.54, 1.807) is 18.2 Å². The van der Waals surface area contributed by atoms with Crippen molar-refractivity contribution in [3.63, 3.8) is 0 Å². The largest absolute Gasteiger partial charge is 0.416 e. The number of nitrogens with one attached hydrogen (secondary N) is 2. The zero-order chi connectivity index (χ0) is 28.0. The zero-order valence-electron chi connectivity index (χ0n) is 20.7. The van der Waals surface area contributed by atoms with Gasteiger partial charge in [-0.15, -0.1) is 20.4 Å². The molecule has 0 aliphatic rings. The van der Waals surface area contributed by atoms with E-state index in [0.717, 1.165) is 39.6 Å². The van der Waals surface area contributed by atoms with Gasteiger partial charge in [0.25, 0.3) is 5.91 Å². The van der Waals surface area contributed by atoms with Gasteiger partial charge in [-0.2, -0.15) is 13.2 Å². The molecule has 2 N–H and O–H groups in total. The van der Waals surface area contributed by atoms with Gasteiger partial charge in [0.15, 0.2) is 15.3 Å². The number of aromatic nitrogens is 5. The molecule has 15 heteroatoms. The molecule has 2 aromatic carbocycles. The fraction of sp³-hybridized carbons (Fsp3) is 0.250. The third-order valence-corrected chi connectivity index (χ3v) is 7.86. The first kappa shape index (κ1) is 28.6. The second-order valence-corrected chi connectivity index (χ2v) is 11.4. The third kappa shape index (κ3) is 7.58. The molecule has 0 saturated carbocycles. The van der Waals surface area contributed by atoms with Crippen LogP contribution in [0.15, 0.2) is 58.0 Å². The van der Waals surface area contributed by atoms with Crippen LogP contribution in [0.25, 0.3) is 5.69 Å². The fourth-order valence-corrected chi connectivity index (χ4v) is 5.80. The van der Waals surface area contributed by atoms with Crippen LogP contribution in [0, 0.1) is 6.92 Å². The lowest BCUT2D eigenvalue weighted by Crippen LogP contribution is -2.24. The summed E-state index contributed by atoms with van der Waals surface area (Å²) in [6.07, 6.45) is -4.56. The number of hydrogen-bond acceptors (Lipinski definition) is 9. The lowest BCUT2D eigenvalue weighted by Gasteiger charge is -2.13. The Morgan fingerprint density at radius 2 is 1.82 bits per heavy atom. The van der Waals surface area contributed by atoms with Gasteiger partial charge in [-0.25, -0.2) is 0 Å². The minimum absolute atomic E-state index is 0.106. The van der Waals surface area contributed by atoms with E-state index >= 15 is 0 Å². The van der Waals surface area contributed by atoms with Crippen LogP contribution in [0.5, 0.6) is 0 Å². The molecule has 2 aromatic heterocycles. The molecule has 0 saturated heterocycles. The first-order chi connectivity index (χ1) is 18.6. The minimum Gasteiger partial charge on any atom is -0.345 e. The summed E-state index contributed by atoms with van der Waals surface area (Å²) in [5.41, 5.74) is 0.626. The van der Waals surface area contributed by atoms with E-state index < -0.39 is 17.6 Å². The summed E-state index contributed by atoms with van der Waals surface area (Å²) in [5, 5.41) is 22.0. The maximum absolute atomic E-state index is 13.4. The van der Waals surface area contributed by atoms with Gasteiger partial charge in [0.1, 0.15) is 0 Å². The summed E-state index contributed by atoms with van der Waals surface area (Å²) in [5.74, 6) is 0.143. The van der Waals surface area contributed by atoms with Crippen molar-refractivity contribution in [2.45, 2.75) is 36.1 Å². The number of carbonyl (C=O) groups excluding carboxylic acids is 2. The van der Waals surface area contributed by atoms with Gasteiger partial charge in [0.2, 0.25) is 11.0 Å². The highest BCUT2D eigenvalue weighted by molar-refractivity contribution is 8.01. The molecule has 0 unspecified atom stereocenters. The molecule has 4 rings (SSSR count). The molecule has 0 radical (unpaired) electrons. The Morgan fingerprint density at radius 3 is 2.56 bits per heavy atom. The predicted octanol–water partition coefficient (Wildman–Crippen LogP) is 5.22. The molecule has 204 valence electrons. The average molecular weight is 594 g/mol. The molecule has 0 aliphatic heterocycles. The van der Waals surface area contributed by atoms with E-state index in [9.17, 15) is 22.8 Å². The smallest absolute Gasteiger partial charge is 0.345 e. The molecule has 0 atom stereocenters. The predicted molar refractivity (Wildman–Crippen MR) is 144 cm³/mol. The summed E-state index contributed by atoms with van der Waals surface area (Å²) in [4.78, 5) is 25.2. The molecular weight excluding hydrogens is 572 g/mol. The highest BCUT2D eigenvalue weighted by atomic mass is 32.2. The van der Waals surface area contributed by atoms with Crippen LogP contribution in [0.2, 0.25) is 0 Å². The minimum atomic E-state index is -4.56. The highest BCUT2D eigenvalue weighted by Gasteiger charge is 2.31. The van der Waals surface area contributed by atoms with Crippen molar-refractivity contribution >= 4 is 51.8 Å². The monoisotopic (exact) mass is 593 g/mol. The van der Waals surface area contributed by atoms with Gasteiger partial charge in [0.05, 0.1) is 23.5 Å². The van der Waals surface area contributed by atoms with Crippen molar-refractivity contribution in [1.82, 2.24) is 30.3 Å². The maximum atomic E-state index is 13.4. The standard InChI is InChI=1S/C24H22F3N7O2S3/c1-3-37-23-33-31-21(39-23)29-19(35)13-38-22-32-30-18(12-28-20(36)15-7-4-6-14(2)10-15)34(22)17-9-5-8-16(11-17)24(25,26)27/h4-11H,3,12-13H2,1-2H3,(H,28,36)(H,29,31,35). The SMILES string of the molecule is CCSc1nnc(NC(=O)CSc2nnc(CNC(=O)c3cccc(C)c3)n2-c2cccc(C(F)(F)F)c2)s1. The quantitative estimate of drug-likeness (QED) is 0.190. The molecule has 0 bridgehead atoms. The van der Waals surface area contributed by atoms with Crippen LogP contribution < -0.4 is 10.6 Å². The number of amides is 2. The van der Waals surface area contributed by atoms with Crippen LogP contribution in [-0.2, 0) is 17.5 Å². The van der Waals surface area contributed by atoms with Crippen molar-refractivity contribution in [3.8, 4) is 5.69 Å². The van der Waals surface area contributed by atoms with E-state index in [1.807, 2.05) is 19.9 Å². The van der Waals surface area contributed by atoms with Gasteiger partial charge in [-0.05, 0) is 43.0 Å². The molecule has 4 aromatic rings. The number of anilines is 1. The molecular formula is C24H22F3N7O2S3. The number of carbonyl (C=O) groups is 2. The number of benzene rings is 2. The van der Waals surface area contributed by atoms with Crippen LogP contribution >= 0.6 is 34.9 Å². The number of hydrogen-bond donors (Lipinski definition) is 2. The first-order valence-corrected chi connectivity index (χ1v) is 14.3. The maximum Gasteiger partial charge on any atom is 0.416 e. The summed E-state index contributed by atoms with van der Waals surface area (Å²) in [6, 6.07) is 11.7. The van der Waals surface area contributed by atoms with E-state index in [-0.39, 0.29) is 34.9 Å². The Balaban J connectivity index is 1.54. The van der Waals surface area contributed by atoms with E-state index in [0.29, 0.717) is 10.7 Å². The Bertz CT molecular complexity index is 1470. The van der Waals surface area contributed by atoms with Gasteiger partial charge >= 0.3 is 6.18 Å². The third-order valence-electron chi connectivity index (χ3n) is 5.07. The van der Waals surface area contributed by atoms with E-state index in [1.165, 1.54) is 39.8 Å². The van der Waals surface area contributed by atoms with E-state index in [4.69, 9.17) is 0 Å². The summed E-state index contributed by atoms with van der Waals surface area (Å²) < 4.78 is 42.4. The molecule has 2 heterocycles. The van der Waals surface area contributed by atoms with Crippen LogP contribution in [0.4, 0.5) is 18.3 Å². The molecule has 0 aliphatic carbocycles. The van der Waals surface area contributed by atoms with Crippen LogP contribution in [0.3, 0.4) is 0 Å². The Hall–Kier alpha value is -3.43. The Labute approximate surface area is 234 Å². The van der Waals surface area contributed by atoms with Crippen molar-refractivity contribution < 1.29 is 22.8 Å². The van der Waals surface area contributed by atoms with Crippen LogP contribution in [0.1, 0.15) is 34.2 Å². The lowest BCUT2D eigenvalue weighted by atomic mass is 10.1. The molecule has 0 spiro atoms. The van der Waals surface area contributed by atoms with Gasteiger partial charge in [-0.1, -0.05) is 65.5 Å². The highest BCUT2D eigenvalue weighted by Crippen LogP contribution is 2.32. The van der Waals surface area contributed by atoms with Crippen molar-refractivity contribution in [3.05, 3.63) is 71.0 Å². The Kier molecular flexibility index (Phi) is 9.24. The number of aryl methyl sites for hydroxylation is 1. The molecule has 2 amide bonds. The van der Waals surface area contributed by atoms with Crippen molar-refractivity contribution in [2.24, 2.45) is 0 Å². The average Bonchev–Trinajstić information content (AvgIpc) is 3.52. The topological polar surface area (TPSA) is 115 Å². The number of thioether (sulfide) groups is 2. The van der Waals surface area contributed by atoms with Gasteiger partial charge in [-0.3, -0.25) is 19.5 Å². The molecule has 39 heavy (non-hydrogen) atoms. The van der Waals surface area contributed by atoms with Gasteiger partial charge < -0.3 is 5.32 Å².